The summed E-state index contributed by atoms with van der Waals surface area (Å²) in [7, 11) is 1.86. The van der Waals surface area contributed by atoms with Gasteiger partial charge < -0.3 is 15.6 Å². The Hall–Kier alpha value is -2.42. The molecule has 3 aromatic rings. The Labute approximate surface area is 118 Å². The van der Waals surface area contributed by atoms with Crippen molar-refractivity contribution in [2.45, 2.75) is 13.0 Å². The molecule has 0 bridgehead atoms. The summed E-state index contributed by atoms with van der Waals surface area (Å²) in [5.74, 6) is -0.205. The molecule has 3 rings (SSSR count). The normalized spacial score (nSPS) is 12.7. The highest BCUT2D eigenvalue weighted by atomic mass is 32.1. The number of aromatic nitrogens is 5. The Balaban J connectivity index is 1.84. The maximum absolute atomic E-state index is 12.3. The fraction of sp³-hybridized carbons (Fsp3) is 0.273. The molecule has 0 saturated heterocycles. The molecule has 0 unspecified atom stereocenters. The first-order valence-electron chi connectivity index (χ1n) is 5.94. The van der Waals surface area contributed by atoms with Crippen molar-refractivity contribution in [3.63, 3.8) is 0 Å². The van der Waals surface area contributed by atoms with Crippen LogP contribution in [0, 0.1) is 0 Å². The summed E-state index contributed by atoms with van der Waals surface area (Å²) in [6.45, 7) is 1.84. The van der Waals surface area contributed by atoms with Crippen LogP contribution in [0.5, 0.6) is 0 Å². The third kappa shape index (κ3) is 2.01. The average Bonchev–Trinajstić information content (AvgIpc) is 3.07. The van der Waals surface area contributed by atoms with Crippen LogP contribution >= 0.6 is 11.3 Å². The number of carbonyl (C=O) groups is 1. The minimum atomic E-state index is -0.257. The molecule has 0 aliphatic carbocycles. The van der Waals surface area contributed by atoms with Gasteiger partial charge in [-0.1, -0.05) is 11.3 Å². The number of fused-ring (bicyclic) bond motifs is 1. The van der Waals surface area contributed by atoms with Crippen LogP contribution in [0.15, 0.2) is 18.6 Å². The average molecular weight is 291 g/mol. The minimum absolute atomic E-state index is 0.205. The van der Waals surface area contributed by atoms with Gasteiger partial charge in [0.2, 0.25) is 5.13 Å². The van der Waals surface area contributed by atoms with E-state index in [0.29, 0.717) is 15.7 Å². The van der Waals surface area contributed by atoms with Crippen LogP contribution in [0.2, 0.25) is 0 Å². The number of hydrogen-bond acceptors (Lipinski definition) is 6. The summed E-state index contributed by atoms with van der Waals surface area (Å²) >= 11 is 1.26. The van der Waals surface area contributed by atoms with Gasteiger partial charge in [-0.15, -0.1) is 10.2 Å². The SMILES string of the molecule is C[C@H](NC(=O)c1cnn2ccn(C)c12)c1nnc(N)s1. The Morgan fingerprint density at radius 2 is 2.25 bits per heavy atom. The number of nitrogens with one attached hydrogen (secondary N) is 1. The Morgan fingerprint density at radius 3 is 2.95 bits per heavy atom. The topological polar surface area (TPSA) is 103 Å². The van der Waals surface area contributed by atoms with Crippen LogP contribution in [0.4, 0.5) is 5.13 Å². The summed E-state index contributed by atoms with van der Waals surface area (Å²) in [5, 5.41) is 15.7. The second-order valence-electron chi connectivity index (χ2n) is 4.41. The zero-order valence-corrected chi connectivity index (χ0v) is 11.8. The van der Waals surface area contributed by atoms with Crippen molar-refractivity contribution in [2.75, 3.05) is 5.73 Å². The number of rotatable bonds is 3. The summed E-state index contributed by atoms with van der Waals surface area (Å²) in [6, 6.07) is -0.257. The van der Waals surface area contributed by atoms with Crippen molar-refractivity contribution in [3.05, 3.63) is 29.2 Å². The molecule has 20 heavy (non-hydrogen) atoms. The van der Waals surface area contributed by atoms with Crippen LogP contribution in [-0.2, 0) is 7.05 Å². The maximum Gasteiger partial charge on any atom is 0.257 e. The monoisotopic (exact) mass is 291 g/mol. The fourth-order valence-corrected chi connectivity index (χ4v) is 2.58. The van der Waals surface area contributed by atoms with Crippen molar-refractivity contribution in [2.24, 2.45) is 7.05 Å². The van der Waals surface area contributed by atoms with Gasteiger partial charge in [0, 0.05) is 19.4 Å². The highest BCUT2D eigenvalue weighted by Gasteiger charge is 2.19. The van der Waals surface area contributed by atoms with Crippen LogP contribution in [0.25, 0.3) is 5.65 Å². The first-order chi connectivity index (χ1) is 9.56. The Kier molecular flexibility index (Phi) is 2.90. The molecule has 3 heterocycles. The molecule has 0 aliphatic heterocycles. The fourth-order valence-electron chi connectivity index (χ4n) is 1.97. The van der Waals surface area contributed by atoms with Gasteiger partial charge in [0.05, 0.1) is 12.2 Å². The molecular weight excluding hydrogens is 278 g/mol. The lowest BCUT2D eigenvalue weighted by Crippen LogP contribution is -2.26. The number of anilines is 1. The Bertz CT molecular complexity index is 771. The second kappa shape index (κ2) is 4.60. The minimum Gasteiger partial charge on any atom is -0.374 e. The third-order valence-electron chi connectivity index (χ3n) is 2.95. The molecular formula is C11H13N7OS. The van der Waals surface area contributed by atoms with E-state index in [0.717, 1.165) is 5.65 Å². The number of nitrogens with two attached hydrogens (primary N) is 1. The molecule has 8 nitrogen and oxygen atoms in total. The van der Waals surface area contributed by atoms with Gasteiger partial charge in [-0.2, -0.15) is 5.10 Å². The van der Waals surface area contributed by atoms with Crippen LogP contribution < -0.4 is 11.1 Å². The smallest absolute Gasteiger partial charge is 0.257 e. The molecule has 104 valence electrons. The quantitative estimate of drug-likeness (QED) is 0.735. The predicted molar refractivity (Wildman–Crippen MR) is 74.4 cm³/mol. The molecule has 0 aromatic carbocycles. The molecule has 1 atom stereocenters. The standard InChI is InChI=1S/C11H13N7OS/c1-6(9-15-16-11(12)20-9)14-8(19)7-5-13-18-4-3-17(2)10(7)18/h3-6H,1-2H3,(H2,12,16)(H,14,19)/t6-/m0/s1. The molecule has 0 saturated carbocycles. The zero-order chi connectivity index (χ0) is 14.3. The van der Waals surface area contributed by atoms with Gasteiger partial charge in [0.1, 0.15) is 16.2 Å². The molecule has 3 N–H and O–H groups in total. The Morgan fingerprint density at radius 1 is 1.45 bits per heavy atom. The van der Waals surface area contributed by atoms with Gasteiger partial charge in [0.25, 0.3) is 5.91 Å². The number of nitrogens with zero attached hydrogens (tertiary/aromatic N) is 5. The summed E-state index contributed by atoms with van der Waals surface area (Å²) < 4.78 is 3.50. The maximum atomic E-state index is 12.3. The lowest BCUT2D eigenvalue weighted by molar-refractivity contribution is 0.0941. The van der Waals surface area contributed by atoms with E-state index in [1.54, 1.807) is 16.9 Å². The number of aryl methyl sites for hydroxylation is 1. The van der Waals surface area contributed by atoms with Crippen molar-refractivity contribution >= 4 is 28.0 Å². The van der Waals surface area contributed by atoms with E-state index in [-0.39, 0.29) is 11.9 Å². The van der Waals surface area contributed by atoms with E-state index in [1.807, 2.05) is 24.7 Å². The lowest BCUT2D eigenvalue weighted by atomic mass is 10.3. The van der Waals surface area contributed by atoms with Gasteiger partial charge in [-0.3, -0.25) is 4.79 Å². The van der Waals surface area contributed by atoms with E-state index in [4.69, 9.17) is 5.73 Å². The molecule has 0 radical (unpaired) electrons. The van der Waals surface area contributed by atoms with Crippen molar-refractivity contribution in [1.29, 1.82) is 0 Å². The predicted octanol–water partition coefficient (Wildman–Crippen LogP) is 0.597. The molecule has 1 amide bonds. The summed E-state index contributed by atoms with van der Waals surface area (Å²) in [6.07, 6.45) is 5.18. The molecule has 0 fully saturated rings. The van der Waals surface area contributed by atoms with Crippen LogP contribution in [0.3, 0.4) is 0 Å². The van der Waals surface area contributed by atoms with E-state index < -0.39 is 0 Å². The van der Waals surface area contributed by atoms with Gasteiger partial charge >= 0.3 is 0 Å². The molecule has 0 aliphatic rings. The van der Waals surface area contributed by atoms with Crippen molar-refractivity contribution in [3.8, 4) is 0 Å². The number of amides is 1. The third-order valence-corrected chi connectivity index (χ3v) is 3.89. The van der Waals surface area contributed by atoms with E-state index in [1.165, 1.54) is 11.3 Å². The van der Waals surface area contributed by atoms with Crippen molar-refractivity contribution in [1.82, 2.24) is 29.7 Å². The van der Waals surface area contributed by atoms with Crippen molar-refractivity contribution < 1.29 is 4.79 Å². The first-order valence-corrected chi connectivity index (χ1v) is 6.76. The molecule has 9 heteroatoms. The second-order valence-corrected chi connectivity index (χ2v) is 5.45. The van der Waals surface area contributed by atoms with Gasteiger partial charge in [0.15, 0.2) is 0 Å². The summed E-state index contributed by atoms with van der Waals surface area (Å²) in [4.78, 5) is 12.3. The number of nitrogen functional groups attached to an aromatic ring is 1. The van der Waals surface area contributed by atoms with E-state index in [2.05, 4.69) is 20.6 Å². The van der Waals surface area contributed by atoms with E-state index >= 15 is 0 Å². The number of imidazole rings is 1. The van der Waals surface area contributed by atoms with Gasteiger partial charge in [-0.25, -0.2) is 4.52 Å². The summed E-state index contributed by atoms with van der Waals surface area (Å²) in [5.41, 5.74) is 6.80. The van der Waals surface area contributed by atoms with Gasteiger partial charge in [-0.05, 0) is 6.92 Å². The van der Waals surface area contributed by atoms with Crippen LogP contribution in [0.1, 0.15) is 28.3 Å². The number of hydrogen-bond donors (Lipinski definition) is 2. The largest absolute Gasteiger partial charge is 0.374 e. The zero-order valence-electron chi connectivity index (χ0n) is 10.9. The molecule has 3 aromatic heterocycles. The van der Waals surface area contributed by atoms with E-state index in [9.17, 15) is 4.79 Å². The lowest BCUT2D eigenvalue weighted by Gasteiger charge is -2.09. The first kappa shape index (κ1) is 12.6. The highest BCUT2D eigenvalue weighted by molar-refractivity contribution is 7.15. The van der Waals surface area contributed by atoms with Crippen LogP contribution in [-0.4, -0.2) is 30.3 Å². The highest BCUT2D eigenvalue weighted by Crippen LogP contribution is 2.20. The molecule has 0 spiro atoms. The number of carbonyl (C=O) groups excluding carboxylic acids is 1.